The maximum Gasteiger partial charge on any atom is 0.345 e. The van der Waals surface area contributed by atoms with Crippen LogP contribution in [0.25, 0.3) is 0 Å². The summed E-state index contributed by atoms with van der Waals surface area (Å²) in [6.07, 6.45) is 0. The SMILES string of the molecule is CC(C)CNC(=O)NC(=O)COC(=O)c1ccc(Cl)cc1[N+](=O)[O-]. The van der Waals surface area contributed by atoms with Gasteiger partial charge in [0, 0.05) is 17.6 Å². The molecule has 0 aliphatic heterocycles. The van der Waals surface area contributed by atoms with Gasteiger partial charge >= 0.3 is 12.0 Å². The van der Waals surface area contributed by atoms with Crippen LogP contribution in [0.3, 0.4) is 0 Å². The van der Waals surface area contributed by atoms with Crippen LogP contribution in [0.5, 0.6) is 0 Å². The standard InChI is InChI=1S/C14H16ClN3O6/c1-8(2)6-16-14(21)17-12(19)7-24-13(20)10-4-3-9(15)5-11(10)18(22)23/h3-5,8H,6-7H2,1-2H3,(H2,16,17,19,21). The number of ether oxygens (including phenoxy) is 1. The van der Waals surface area contributed by atoms with E-state index in [1.54, 1.807) is 0 Å². The number of benzene rings is 1. The molecule has 0 heterocycles. The van der Waals surface area contributed by atoms with Gasteiger partial charge in [-0.2, -0.15) is 0 Å². The molecule has 1 rings (SSSR count). The van der Waals surface area contributed by atoms with Gasteiger partial charge in [-0.25, -0.2) is 9.59 Å². The lowest BCUT2D eigenvalue weighted by molar-refractivity contribution is -0.385. The molecular formula is C14H16ClN3O6. The monoisotopic (exact) mass is 357 g/mol. The average molecular weight is 358 g/mol. The Kier molecular flexibility index (Phi) is 7.12. The Morgan fingerprint density at radius 2 is 2.00 bits per heavy atom. The number of nitro groups is 1. The van der Waals surface area contributed by atoms with Crippen molar-refractivity contribution in [3.8, 4) is 0 Å². The Labute approximate surface area is 142 Å². The van der Waals surface area contributed by atoms with E-state index < -0.39 is 35.1 Å². The van der Waals surface area contributed by atoms with Crippen LogP contribution in [-0.2, 0) is 9.53 Å². The Morgan fingerprint density at radius 3 is 2.58 bits per heavy atom. The maximum atomic E-state index is 11.8. The van der Waals surface area contributed by atoms with Crippen molar-refractivity contribution in [1.29, 1.82) is 0 Å². The zero-order valence-electron chi connectivity index (χ0n) is 13.0. The number of hydrogen-bond donors (Lipinski definition) is 2. The van der Waals surface area contributed by atoms with Gasteiger partial charge in [0.2, 0.25) is 0 Å². The van der Waals surface area contributed by atoms with Crippen molar-refractivity contribution >= 4 is 35.2 Å². The second-order valence-corrected chi connectivity index (χ2v) is 5.58. The number of amides is 3. The van der Waals surface area contributed by atoms with E-state index in [1.165, 1.54) is 6.07 Å². The van der Waals surface area contributed by atoms with Crippen molar-refractivity contribution in [3.05, 3.63) is 38.9 Å². The lowest BCUT2D eigenvalue weighted by atomic mass is 10.2. The summed E-state index contributed by atoms with van der Waals surface area (Å²) < 4.78 is 4.67. The highest BCUT2D eigenvalue weighted by molar-refractivity contribution is 6.31. The van der Waals surface area contributed by atoms with E-state index in [2.05, 4.69) is 10.1 Å². The lowest BCUT2D eigenvalue weighted by Gasteiger charge is -2.09. The van der Waals surface area contributed by atoms with Crippen LogP contribution in [0.15, 0.2) is 18.2 Å². The van der Waals surface area contributed by atoms with Gasteiger partial charge in [-0.05, 0) is 18.1 Å². The molecule has 0 aromatic heterocycles. The number of nitro benzene ring substituents is 1. The molecule has 9 nitrogen and oxygen atoms in total. The molecule has 10 heteroatoms. The Hall–Kier alpha value is -2.68. The van der Waals surface area contributed by atoms with E-state index in [-0.39, 0.29) is 16.5 Å². The van der Waals surface area contributed by atoms with Gasteiger partial charge in [0.05, 0.1) is 4.92 Å². The number of nitrogens with zero attached hydrogens (tertiary/aromatic N) is 1. The summed E-state index contributed by atoms with van der Waals surface area (Å²) in [5.41, 5.74) is -0.885. The molecule has 0 spiro atoms. The topological polar surface area (TPSA) is 128 Å². The van der Waals surface area contributed by atoms with E-state index >= 15 is 0 Å². The van der Waals surface area contributed by atoms with Gasteiger partial charge in [-0.3, -0.25) is 20.2 Å². The molecule has 0 bridgehead atoms. The predicted octanol–water partition coefficient (Wildman–Crippen LogP) is 1.89. The normalized spacial score (nSPS) is 10.2. The molecule has 0 radical (unpaired) electrons. The molecule has 0 aliphatic rings. The average Bonchev–Trinajstić information content (AvgIpc) is 2.50. The highest BCUT2D eigenvalue weighted by atomic mass is 35.5. The molecule has 0 unspecified atom stereocenters. The number of imide groups is 1. The fraction of sp³-hybridized carbons (Fsp3) is 0.357. The largest absolute Gasteiger partial charge is 0.452 e. The van der Waals surface area contributed by atoms with E-state index in [0.29, 0.717) is 6.54 Å². The second kappa shape index (κ2) is 8.82. The third-order valence-electron chi connectivity index (χ3n) is 2.63. The molecular weight excluding hydrogens is 342 g/mol. The van der Waals surface area contributed by atoms with Crippen molar-refractivity contribution in [1.82, 2.24) is 10.6 Å². The van der Waals surface area contributed by atoms with Crippen molar-refractivity contribution in [2.45, 2.75) is 13.8 Å². The Bertz CT molecular complexity index is 662. The Balaban J connectivity index is 2.59. The van der Waals surface area contributed by atoms with Gasteiger partial charge < -0.3 is 10.1 Å². The van der Waals surface area contributed by atoms with Crippen LogP contribution in [0.4, 0.5) is 10.5 Å². The molecule has 0 saturated carbocycles. The number of esters is 1. The Morgan fingerprint density at radius 1 is 1.33 bits per heavy atom. The van der Waals surface area contributed by atoms with Crippen LogP contribution in [0, 0.1) is 16.0 Å². The first-order valence-corrected chi connectivity index (χ1v) is 7.27. The molecule has 130 valence electrons. The summed E-state index contributed by atoms with van der Waals surface area (Å²) in [4.78, 5) is 44.8. The van der Waals surface area contributed by atoms with Crippen molar-refractivity contribution in [2.75, 3.05) is 13.2 Å². The van der Waals surface area contributed by atoms with Crippen molar-refractivity contribution in [2.24, 2.45) is 5.92 Å². The molecule has 1 aromatic carbocycles. The predicted molar refractivity (Wildman–Crippen MR) is 84.8 cm³/mol. The summed E-state index contributed by atoms with van der Waals surface area (Å²) in [6, 6.07) is 2.68. The number of hydrogen-bond acceptors (Lipinski definition) is 6. The first kappa shape index (κ1) is 19.4. The molecule has 0 saturated heterocycles. The van der Waals surface area contributed by atoms with Gasteiger partial charge in [-0.1, -0.05) is 25.4 Å². The maximum absolute atomic E-state index is 11.8. The molecule has 3 amide bonds. The van der Waals surface area contributed by atoms with Gasteiger partial charge in [0.15, 0.2) is 6.61 Å². The van der Waals surface area contributed by atoms with Gasteiger partial charge in [0.1, 0.15) is 5.56 Å². The minimum atomic E-state index is -1.07. The van der Waals surface area contributed by atoms with Crippen molar-refractivity contribution in [3.63, 3.8) is 0 Å². The quantitative estimate of drug-likeness (QED) is 0.454. The van der Waals surface area contributed by atoms with E-state index in [4.69, 9.17) is 11.6 Å². The molecule has 0 atom stereocenters. The first-order valence-electron chi connectivity index (χ1n) is 6.89. The van der Waals surface area contributed by atoms with E-state index in [9.17, 15) is 24.5 Å². The number of urea groups is 1. The van der Waals surface area contributed by atoms with Gasteiger partial charge in [0.25, 0.3) is 11.6 Å². The smallest absolute Gasteiger partial charge is 0.345 e. The summed E-state index contributed by atoms with van der Waals surface area (Å²) in [7, 11) is 0. The van der Waals surface area contributed by atoms with Crippen LogP contribution in [-0.4, -0.2) is 36.0 Å². The highest BCUT2D eigenvalue weighted by Gasteiger charge is 2.22. The fourth-order valence-corrected chi connectivity index (χ4v) is 1.71. The lowest BCUT2D eigenvalue weighted by Crippen LogP contribution is -2.42. The van der Waals surface area contributed by atoms with E-state index in [1.807, 2.05) is 19.2 Å². The van der Waals surface area contributed by atoms with Crippen LogP contribution >= 0.6 is 11.6 Å². The fourth-order valence-electron chi connectivity index (χ4n) is 1.54. The summed E-state index contributed by atoms with van der Waals surface area (Å²) >= 11 is 5.64. The summed E-state index contributed by atoms with van der Waals surface area (Å²) in [6.45, 7) is 3.37. The number of rotatable bonds is 6. The molecule has 0 fully saturated rings. The number of carbonyl (C=O) groups is 3. The van der Waals surface area contributed by atoms with E-state index in [0.717, 1.165) is 12.1 Å². The molecule has 24 heavy (non-hydrogen) atoms. The highest BCUT2D eigenvalue weighted by Crippen LogP contribution is 2.23. The minimum absolute atomic E-state index is 0.0813. The zero-order chi connectivity index (χ0) is 18.3. The number of nitrogens with one attached hydrogen (secondary N) is 2. The third kappa shape index (κ3) is 6.21. The number of halogens is 1. The molecule has 0 aliphatic carbocycles. The molecule has 2 N–H and O–H groups in total. The zero-order valence-corrected chi connectivity index (χ0v) is 13.8. The van der Waals surface area contributed by atoms with Crippen LogP contribution in [0.2, 0.25) is 5.02 Å². The second-order valence-electron chi connectivity index (χ2n) is 5.15. The van der Waals surface area contributed by atoms with Crippen LogP contribution in [0.1, 0.15) is 24.2 Å². The first-order chi connectivity index (χ1) is 11.2. The summed E-state index contributed by atoms with van der Waals surface area (Å²) in [5.74, 6) is -1.73. The third-order valence-corrected chi connectivity index (χ3v) is 2.87. The summed E-state index contributed by atoms with van der Waals surface area (Å²) in [5, 5.41) is 15.4. The number of carbonyl (C=O) groups excluding carboxylic acids is 3. The van der Waals surface area contributed by atoms with Gasteiger partial charge in [-0.15, -0.1) is 0 Å². The molecule has 1 aromatic rings. The van der Waals surface area contributed by atoms with Crippen molar-refractivity contribution < 1.29 is 24.0 Å². The van der Waals surface area contributed by atoms with Crippen LogP contribution < -0.4 is 10.6 Å². The minimum Gasteiger partial charge on any atom is -0.452 e.